The Morgan fingerprint density at radius 2 is 1.81 bits per heavy atom. The van der Waals surface area contributed by atoms with Gasteiger partial charge in [0.25, 0.3) is 5.91 Å². The molecule has 31 heavy (non-hydrogen) atoms. The van der Waals surface area contributed by atoms with Crippen LogP contribution in [0.1, 0.15) is 46.7 Å². The Kier molecular flexibility index (Phi) is 6.38. The van der Waals surface area contributed by atoms with E-state index in [0.717, 1.165) is 23.3 Å². The molecule has 6 nitrogen and oxygen atoms in total. The molecule has 1 N–H and O–H groups in total. The zero-order valence-corrected chi connectivity index (χ0v) is 17.9. The summed E-state index contributed by atoms with van der Waals surface area (Å²) in [5.41, 5.74) is 4.40. The summed E-state index contributed by atoms with van der Waals surface area (Å²) >= 11 is 0. The van der Waals surface area contributed by atoms with Crippen LogP contribution in [0.2, 0.25) is 0 Å². The van der Waals surface area contributed by atoms with Crippen molar-refractivity contribution in [2.75, 3.05) is 7.05 Å². The van der Waals surface area contributed by atoms with E-state index >= 15 is 0 Å². The van der Waals surface area contributed by atoms with Crippen molar-refractivity contribution >= 4 is 11.6 Å². The van der Waals surface area contributed by atoms with Crippen molar-refractivity contribution in [1.82, 2.24) is 24.6 Å². The van der Waals surface area contributed by atoms with E-state index < -0.39 is 0 Å². The number of hydrogen-bond acceptors (Lipinski definition) is 4. The van der Waals surface area contributed by atoms with Crippen molar-refractivity contribution in [2.45, 2.75) is 32.5 Å². The Hall–Kier alpha value is -3.51. The summed E-state index contributed by atoms with van der Waals surface area (Å²) in [5, 5.41) is 3.60. The van der Waals surface area contributed by atoms with Gasteiger partial charge in [0.2, 0.25) is 0 Å². The molecule has 0 radical (unpaired) electrons. The summed E-state index contributed by atoms with van der Waals surface area (Å²) < 4.78 is 2.00. The fourth-order valence-corrected chi connectivity index (χ4v) is 3.81. The van der Waals surface area contributed by atoms with Crippen LogP contribution < -0.4 is 5.32 Å². The number of carbonyl (C=O) groups excluding carboxylic acids is 1. The molecule has 158 valence electrons. The molecule has 6 heteroatoms. The van der Waals surface area contributed by atoms with E-state index in [9.17, 15) is 4.79 Å². The summed E-state index contributed by atoms with van der Waals surface area (Å²) in [5.74, 6) is -0.0821. The second kappa shape index (κ2) is 9.53. The smallest absolute Gasteiger partial charge is 0.274 e. The zero-order valence-electron chi connectivity index (χ0n) is 17.9. The van der Waals surface area contributed by atoms with E-state index in [2.05, 4.69) is 22.2 Å². The predicted molar refractivity (Wildman–Crippen MR) is 122 cm³/mol. The molecule has 3 aromatic heterocycles. The average molecular weight is 414 g/mol. The lowest BCUT2D eigenvalue weighted by atomic mass is 10.1. The van der Waals surface area contributed by atoms with Gasteiger partial charge in [-0.3, -0.25) is 9.78 Å². The Morgan fingerprint density at radius 3 is 2.55 bits per heavy atom. The molecule has 3 heterocycles. The summed E-state index contributed by atoms with van der Waals surface area (Å²) in [6, 6.07) is 20.0. The Balaban J connectivity index is 1.60. The standard InChI is InChI=1S/C25H27N5O/c1-3-21(20-12-14-26-15-13-20)27-17-22-24(28-23-11-7-8-16-30(22)23)25(31)29(2)18-19-9-5-4-6-10-19/h4-16,21,27H,3,17-18H2,1-2H3. The molecular weight excluding hydrogens is 386 g/mol. The first-order chi connectivity index (χ1) is 15.2. The zero-order chi connectivity index (χ0) is 21.6. The molecule has 0 aliphatic heterocycles. The number of pyridine rings is 2. The molecule has 4 aromatic rings. The number of aromatic nitrogens is 3. The van der Waals surface area contributed by atoms with Crippen molar-refractivity contribution in [2.24, 2.45) is 0 Å². The summed E-state index contributed by atoms with van der Waals surface area (Å²) in [7, 11) is 1.82. The average Bonchev–Trinajstić information content (AvgIpc) is 3.19. The summed E-state index contributed by atoms with van der Waals surface area (Å²) in [6.07, 6.45) is 6.50. The normalized spacial score (nSPS) is 12.1. The first-order valence-corrected chi connectivity index (χ1v) is 10.6. The first-order valence-electron chi connectivity index (χ1n) is 10.6. The van der Waals surface area contributed by atoms with Gasteiger partial charge >= 0.3 is 0 Å². The van der Waals surface area contributed by atoms with Crippen LogP contribution in [-0.2, 0) is 13.1 Å². The second-order valence-corrected chi connectivity index (χ2v) is 7.61. The third kappa shape index (κ3) is 4.64. The Labute approximate surface area is 182 Å². The monoisotopic (exact) mass is 413 g/mol. The maximum absolute atomic E-state index is 13.3. The molecule has 0 saturated heterocycles. The van der Waals surface area contributed by atoms with Gasteiger partial charge in [0.1, 0.15) is 5.65 Å². The summed E-state index contributed by atoms with van der Waals surface area (Å²) in [6.45, 7) is 3.22. The highest BCUT2D eigenvalue weighted by molar-refractivity contribution is 5.94. The van der Waals surface area contributed by atoms with Gasteiger partial charge < -0.3 is 14.6 Å². The first kappa shape index (κ1) is 20.8. The number of amides is 1. The van der Waals surface area contributed by atoms with Gasteiger partial charge in [0, 0.05) is 44.8 Å². The predicted octanol–water partition coefficient (Wildman–Crippen LogP) is 4.24. The molecule has 1 unspecified atom stereocenters. The minimum atomic E-state index is -0.0821. The van der Waals surface area contributed by atoms with Crippen molar-refractivity contribution in [1.29, 1.82) is 0 Å². The Bertz CT molecular complexity index is 1140. The second-order valence-electron chi connectivity index (χ2n) is 7.61. The van der Waals surface area contributed by atoms with E-state index in [1.54, 1.807) is 17.3 Å². The maximum atomic E-state index is 13.3. The molecular formula is C25H27N5O. The van der Waals surface area contributed by atoms with Gasteiger partial charge in [-0.25, -0.2) is 4.98 Å². The SMILES string of the molecule is CCC(NCc1c(C(=O)N(C)Cc2ccccc2)nc2ccccn12)c1ccncc1. The van der Waals surface area contributed by atoms with Gasteiger partial charge in [0.15, 0.2) is 5.69 Å². The molecule has 0 aliphatic rings. The highest BCUT2D eigenvalue weighted by Gasteiger charge is 2.22. The number of nitrogens with zero attached hydrogens (tertiary/aromatic N) is 4. The molecule has 4 rings (SSSR count). The fourth-order valence-electron chi connectivity index (χ4n) is 3.81. The maximum Gasteiger partial charge on any atom is 0.274 e. The van der Waals surface area contributed by atoms with Crippen LogP contribution in [0.5, 0.6) is 0 Å². The quantitative estimate of drug-likeness (QED) is 0.469. The van der Waals surface area contributed by atoms with Gasteiger partial charge in [-0.1, -0.05) is 43.3 Å². The molecule has 0 fully saturated rings. The van der Waals surface area contributed by atoms with Crippen LogP contribution in [0.4, 0.5) is 0 Å². The highest BCUT2D eigenvalue weighted by Crippen LogP contribution is 2.20. The number of fused-ring (bicyclic) bond motifs is 1. The molecule has 0 saturated carbocycles. The number of rotatable bonds is 8. The molecule has 1 atom stereocenters. The van der Waals surface area contributed by atoms with Crippen molar-refractivity contribution in [3.63, 3.8) is 0 Å². The minimum absolute atomic E-state index is 0.0821. The van der Waals surface area contributed by atoms with Crippen LogP contribution in [-0.4, -0.2) is 32.2 Å². The van der Waals surface area contributed by atoms with Crippen molar-refractivity contribution < 1.29 is 4.79 Å². The van der Waals surface area contributed by atoms with Crippen molar-refractivity contribution in [3.05, 3.63) is 102 Å². The number of carbonyl (C=O) groups is 1. The molecule has 0 bridgehead atoms. The molecule has 0 aliphatic carbocycles. The van der Waals surface area contributed by atoms with E-state index in [0.29, 0.717) is 18.8 Å². The van der Waals surface area contributed by atoms with Gasteiger partial charge in [-0.05, 0) is 41.8 Å². The lowest BCUT2D eigenvalue weighted by molar-refractivity contribution is 0.0778. The number of benzene rings is 1. The Morgan fingerprint density at radius 1 is 1.06 bits per heavy atom. The highest BCUT2D eigenvalue weighted by atomic mass is 16.2. The molecule has 1 aromatic carbocycles. The lowest BCUT2D eigenvalue weighted by Crippen LogP contribution is -2.29. The van der Waals surface area contributed by atoms with E-state index in [4.69, 9.17) is 0 Å². The minimum Gasteiger partial charge on any atom is -0.336 e. The van der Waals surface area contributed by atoms with Crippen LogP contribution >= 0.6 is 0 Å². The number of hydrogen-bond donors (Lipinski definition) is 1. The topological polar surface area (TPSA) is 62.5 Å². The van der Waals surface area contributed by atoms with E-state index in [1.807, 2.05) is 78.3 Å². The third-order valence-corrected chi connectivity index (χ3v) is 5.47. The van der Waals surface area contributed by atoms with Crippen LogP contribution in [0.15, 0.2) is 79.3 Å². The van der Waals surface area contributed by atoms with Crippen LogP contribution in [0, 0.1) is 0 Å². The largest absolute Gasteiger partial charge is 0.336 e. The van der Waals surface area contributed by atoms with E-state index in [-0.39, 0.29) is 11.9 Å². The lowest BCUT2D eigenvalue weighted by Gasteiger charge is -2.19. The van der Waals surface area contributed by atoms with Gasteiger partial charge in [0.05, 0.1) is 5.69 Å². The number of imidazole rings is 1. The van der Waals surface area contributed by atoms with Gasteiger partial charge in [-0.15, -0.1) is 0 Å². The summed E-state index contributed by atoms with van der Waals surface area (Å²) in [4.78, 5) is 23.8. The fraction of sp³-hybridized carbons (Fsp3) is 0.240. The third-order valence-electron chi connectivity index (χ3n) is 5.47. The van der Waals surface area contributed by atoms with E-state index in [1.165, 1.54) is 5.56 Å². The number of nitrogens with one attached hydrogen (secondary N) is 1. The van der Waals surface area contributed by atoms with Crippen LogP contribution in [0.25, 0.3) is 5.65 Å². The van der Waals surface area contributed by atoms with Crippen LogP contribution in [0.3, 0.4) is 0 Å². The molecule has 0 spiro atoms. The van der Waals surface area contributed by atoms with Gasteiger partial charge in [-0.2, -0.15) is 0 Å². The van der Waals surface area contributed by atoms with Crippen molar-refractivity contribution in [3.8, 4) is 0 Å². The molecule has 1 amide bonds.